The molecule has 1 amide bonds. The molecule has 5 heteroatoms. The molecule has 0 saturated heterocycles. The van der Waals surface area contributed by atoms with Crippen LogP contribution >= 0.6 is 31.9 Å². The van der Waals surface area contributed by atoms with Crippen LogP contribution in [-0.4, -0.2) is 24.4 Å². The van der Waals surface area contributed by atoms with Crippen LogP contribution in [0.4, 0.5) is 0 Å². The van der Waals surface area contributed by atoms with E-state index < -0.39 is 0 Å². The first kappa shape index (κ1) is 14.9. The number of halogens is 2. The predicted molar refractivity (Wildman–Crippen MR) is 83.1 cm³/mol. The zero-order chi connectivity index (χ0) is 13.8. The van der Waals surface area contributed by atoms with Crippen LogP contribution in [0.15, 0.2) is 22.7 Å². The first-order chi connectivity index (χ1) is 9.11. The van der Waals surface area contributed by atoms with Crippen LogP contribution in [0.25, 0.3) is 0 Å². The van der Waals surface area contributed by atoms with Gasteiger partial charge in [-0.15, -0.1) is 0 Å². The molecule has 1 N–H and O–H groups in total. The van der Waals surface area contributed by atoms with Crippen LogP contribution < -0.4 is 10.1 Å². The molecule has 1 aliphatic carbocycles. The summed E-state index contributed by atoms with van der Waals surface area (Å²) in [7, 11) is 1.61. The summed E-state index contributed by atoms with van der Waals surface area (Å²) >= 11 is 7.06. The second kappa shape index (κ2) is 6.75. The Bertz CT molecular complexity index is 465. The minimum Gasteiger partial charge on any atom is -0.496 e. The number of carbonyl (C=O) groups excluding carboxylic acids is 1. The normalized spacial score (nSPS) is 22.3. The van der Waals surface area contributed by atoms with Crippen molar-refractivity contribution in [2.24, 2.45) is 5.92 Å². The number of amides is 1. The Hall–Kier alpha value is -0.550. The molecule has 1 fully saturated rings. The van der Waals surface area contributed by atoms with E-state index in [1.165, 1.54) is 19.3 Å². The summed E-state index contributed by atoms with van der Waals surface area (Å²) < 4.78 is 5.94. The van der Waals surface area contributed by atoms with Gasteiger partial charge in [-0.2, -0.15) is 0 Å². The van der Waals surface area contributed by atoms with E-state index in [0.29, 0.717) is 16.3 Å². The van der Waals surface area contributed by atoms with Crippen molar-refractivity contribution in [1.29, 1.82) is 0 Å². The predicted octanol–water partition coefficient (Wildman–Crippen LogP) is 3.75. The smallest absolute Gasteiger partial charge is 0.251 e. The number of rotatable bonds is 4. The van der Waals surface area contributed by atoms with Crippen LogP contribution in [0, 0.1) is 5.92 Å². The molecule has 0 spiro atoms. The zero-order valence-corrected chi connectivity index (χ0v) is 14.0. The maximum absolute atomic E-state index is 12.1. The van der Waals surface area contributed by atoms with Crippen molar-refractivity contribution in [2.45, 2.75) is 24.1 Å². The Morgan fingerprint density at radius 1 is 1.47 bits per heavy atom. The Balaban J connectivity index is 1.94. The largest absolute Gasteiger partial charge is 0.496 e. The van der Waals surface area contributed by atoms with E-state index in [2.05, 4.69) is 37.2 Å². The summed E-state index contributed by atoms with van der Waals surface area (Å²) in [6.45, 7) is 0.735. The van der Waals surface area contributed by atoms with E-state index >= 15 is 0 Å². The number of benzene rings is 1. The van der Waals surface area contributed by atoms with Crippen LogP contribution in [0.3, 0.4) is 0 Å². The van der Waals surface area contributed by atoms with Crippen LogP contribution in [0.1, 0.15) is 29.6 Å². The molecule has 0 radical (unpaired) electrons. The van der Waals surface area contributed by atoms with Crippen LogP contribution in [-0.2, 0) is 0 Å². The fraction of sp³-hybridized carbons (Fsp3) is 0.500. The van der Waals surface area contributed by atoms with Gasteiger partial charge in [-0.25, -0.2) is 0 Å². The molecule has 2 rings (SSSR count). The summed E-state index contributed by atoms with van der Waals surface area (Å²) in [5.41, 5.74) is 0.650. The van der Waals surface area contributed by atoms with Gasteiger partial charge in [-0.05, 0) is 52.9 Å². The lowest BCUT2D eigenvalue weighted by molar-refractivity contribution is 0.0947. The Labute approximate surface area is 130 Å². The van der Waals surface area contributed by atoms with Gasteiger partial charge < -0.3 is 10.1 Å². The topological polar surface area (TPSA) is 38.3 Å². The number of carbonyl (C=O) groups is 1. The average Bonchev–Trinajstić information content (AvgIpc) is 2.81. The van der Waals surface area contributed by atoms with Crippen LogP contribution in [0.5, 0.6) is 5.75 Å². The number of ether oxygens (including phenoxy) is 1. The number of methoxy groups -OCH3 is 1. The molecule has 2 unspecified atom stereocenters. The first-order valence-corrected chi connectivity index (χ1v) is 8.08. The van der Waals surface area contributed by atoms with Gasteiger partial charge in [0.2, 0.25) is 0 Å². The molecule has 0 bridgehead atoms. The van der Waals surface area contributed by atoms with Gasteiger partial charge in [0.15, 0.2) is 0 Å². The molecule has 1 saturated carbocycles. The quantitative estimate of drug-likeness (QED) is 0.795. The second-order valence-electron chi connectivity index (χ2n) is 4.77. The van der Waals surface area contributed by atoms with Gasteiger partial charge in [-0.1, -0.05) is 22.4 Å². The number of alkyl halides is 1. The SMILES string of the molecule is COc1ccc(C(=O)NCC2CCCC2Br)cc1Br. The van der Waals surface area contributed by atoms with Gasteiger partial charge in [0.1, 0.15) is 5.75 Å². The molecule has 2 atom stereocenters. The van der Waals surface area contributed by atoms with Crippen molar-refractivity contribution in [1.82, 2.24) is 5.32 Å². The van der Waals surface area contributed by atoms with Gasteiger partial charge in [0.25, 0.3) is 5.91 Å². The van der Waals surface area contributed by atoms with E-state index in [1.807, 2.05) is 0 Å². The van der Waals surface area contributed by atoms with Crippen molar-refractivity contribution in [3.8, 4) is 5.75 Å². The van der Waals surface area contributed by atoms with Crippen molar-refractivity contribution in [3.05, 3.63) is 28.2 Å². The maximum atomic E-state index is 12.1. The zero-order valence-electron chi connectivity index (χ0n) is 10.8. The van der Waals surface area contributed by atoms with Crippen molar-refractivity contribution in [2.75, 3.05) is 13.7 Å². The van der Waals surface area contributed by atoms with E-state index in [-0.39, 0.29) is 5.91 Å². The van der Waals surface area contributed by atoms with Gasteiger partial charge in [-0.3, -0.25) is 4.79 Å². The maximum Gasteiger partial charge on any atom is 0.251 e. The highest BCUT2D eigenvalue weighted by molar-refractivity contribution is 9.10. The van der Waals surface area contributed by atoms with Gasteiger partial charge in [0, 0.05) is 16.9 Å². The van der Waals surface area contributed by atoms with Crippen LogP contribution in [0.2, 0.25) is 0 Å². The standard InChI is InChI=1S/C14H17Br2NO2/c1-19-13-6-5-9(7-12(13)16)14(18)17-8-10-3-2-4-11(10)15/h5-7,10-11H,2-4,8H2,1H3,(H,17,18). The van der Waals surface area contributed by atoms with Crippen molar-refractivity contribution < 1.29 is 9.53 Å². The number of nitrogens with one attached hydrogen (secondary N) is 1. The van der Waals surface area contributed by atoms with Crippen molar-refractivity contribution in [3.63, 3.8) is 0 Å². The lowest BCUT2D eigenvalue weighted by Crippen LogP contribution is -2.30. The number of hydrogen-bond acceptors (Lipinski definition) is 2. The highest BCUT2D eigenvalue weighted by Gasteiger charge is 2.25. The van der Waals surface area contributed by atoms with E-state index in [1.54, 1.807) is 25.3 Å². The third-order valence-corrected chi connectivity index (χ3v) is 5.33. The minimum absolute atomic E-state index is 0.0325. The van der Waals surface area contributed by atoms with Gasteiger partial charge >= 0.3 is 0 Å². The summed E-state index contributed by atoms with van der Waals surface area (Å²) in [5.74, 6) is 1.24. The second-order valence-corrected chi connectivity index (χ2v) is 6.80. The lowest BCUT2D eigenvalue weighted by atomic mass is 10.1. The molecule has 3 nitrogen and oxygen atoms in total. The molecule has 1 aliphatic rings. The first-order valence-electron chi connectivity index (χ1n) is 6.37. The summed E-state index contributed by atoms with van der Waals surface area (Å²) in [4.78, 5) is 12.6. The summed E-state index contributed by atoms with van der Waals surface area (Å²) in [5, 5.41) is 3.01. The van der Waals surface area contributed by atoms with E-state index in [9.17, 15) is 4.79 Å². The Kier molecular flexibility index (Phi) is 5.28. The molecule has 1 aromatic rings. The molecular weight excluding hydrogens is 374 g/mol. The van der Waals surface area contributed by atoms with Gasteiger partial charge in [0.05, 0.1) is 11.6 Å². The Morgan fingerprint density at radius 3 is 2.84 bits per heavy atom. The highest BCUT2D eigenvalue weighted by Crippen LogP contribution is 2.31. The summed E-state index contributed by atoms with van der Waals surface area (Å²) in [6.07, 6.45) is 3.63. The summed E-state index contributed by atoms with van der Waals surface area (Å²) in [6, 6.07) is 5.36. The van der Waals surface area contributed by atoms with E-state index in [0.717, 1.165) is 16.8 Å². The molecule has 0 aliphatic heterocycles. The fourth-order valence-corrected chi connectivity index (χ4v) is 3.67. The molecule has 1 aromatic carbocycles. The molecule has 0 aromatic heterocycles. The average molecular weight is 391 g/mol. The molecule has 0 heterocycles. The molecule has 104 valence electrons. The third kappa shape index (κ3) is 3.72. The highest BCUT2D eigenvalue weighted by atomic mass is 79.9. The molecule has 19 heavy (non-hydrogen) atoms. The fourth-order valence-electron chi connectivity index (χ4n) is 2.36. The monoisotopic (exact) mass is 389 g/mol. The number of hydrogen-bond donors (Lipinski definition) is 1. The Morgan fingerprint density at radius 2 is 2.26 bits per heavy atom. The third-order valence-electron chi connectivity index (χ3n) is 3.51. The minimum atomic E-state index is -0.0325. The van der Waals surface area contributed by atoms with E-state index in [4.69, 9.17) is 4.74 Å². The molecular formula is C14H17Br2NO2. The lowest BCUT2D eigenvalue weighted by Gasteiger charge is -2.15. The van der Waals surface area contributed by atoms with Crippen molar-refractivity contribution >= 4 is 37.8 Å².